The van der Waals surface area contributed by atoms with E-state index in [0.29, 0.717) is 12.4 Å². The summed E-state index contributed by atoms with van der Waals surface area (Å²) in [5, 5.41) is 14.0. The van der Waals surface area contributed by atoms with Crippen LogP contribution in [0.1, 0.15) is 57.6 Å². The summed E-state index contributed by atoms with van der Waals surface area (Å²) in [7, 11) is -0.690. The zero-order valence-corrected chi connectivity index (χ0v) is 23.6. The van der Waals surface area contributed by atoms with E-state index in [0.717, 1.165) is 4.31 Å². The van der Waals surface area contributed by atoms with E-state index in [1.165, 1.54) is 31.3 Å². The first kappa shape index (κ1) is 29.6. The maximum atomic E-state index is 14.3. The summed E-state index contributed by atoms with van der Waals surface area (Å²) in [6, 6.07) is 2.00. The lowest BCUT2D eigenvalue weighted by atomic mass is 9.97. The molecular weight excluding hydrogens is 517 g/mol. The summed E-state index contributed by atoms with van der Waals surface area (Å²) in [5.74, 6) is -0.491. The number of hydrogen-bond acceptors (Lipinski definition) is 10. The second-order valence-corrected chi connectivity index (χ2v) is 13.3. The van der Waals surface area contributed by atoms with Crippen molar-refractivity contribution in [2.45, 2.75) is 69.1 Å². The van der Waals surface area contributed by atoms with Crippen molar-refractivity contribution < 1.29 is 26.8 Å². The molecule has 2 aromatic rings. The van der Waals surface area contributed by atoms with Gasteiger partial charge in [0.1, 0.15) is 22.9 Å². The number of rotatable bonds is 10. The molecule has 0 bridgehead atoms. The van der Waals surface area contributed by atoms with E-state index in [9.17, 15) is 22.4 Å². The third-order valence-electron chi connectivity index (χ3n) is 6.09. The number of Topliss-reactive ketones (excluding diaryl/α,β-unsaturated/α-hetero) is 1. The molecule has 0 saturated carbocycles. The van der Waals surface area contributed by atoms with Gasteiger partial charge in [0.05, 0.1) is 13.1 Å². The fourth-order valence-corrected chi connectivity index (χ4v) is 4.56. The van der Waals surface area contributed by atoms with Gasteiger partial charge in [-0.3, -0.25) is 9.59 Å². The molecule has 2 N–H and O–H groups in total. The Morgan fingerprint density at radius 2 is 1.87 bits per heavy atom. The Morgan fingerprint density at radius 1 is 1.18 bits per heavy atom. The largest absolute Gasteiger partial charge is 0.418 e. The minimum absolute atomic E-state index is 0.0760. The highest BCUT2D eigenvalue weighted by Gasteiger charge is 2.42. The maximum Gasteiger partial charge on any atom is 0.286 e. The molecule has 1 amide bonds. The van der Waals surface area contributed by atoms with E-state index < -0.39 is 44.9 Å². The highest BCUT2D eigenvalue weighted by Crippen LogP contribution is 2.26. The first-order valence-corrected chi connectivity index (χ1v) is 13.6. The highest BCUT2D eigenvalue weighted by atomic mass is 32.2. The van der Waals surface area contributed by atoms with E-state index in [2.05, 4.69) is 25.8 Å². The van der Waals surface area contributed by atoms with Crippen LogP contribution in [-0.4, -0.2) is 96.0 Å². The average Bonchev–Trinajstić information content (AvgIpc) is 3.48. The molecule has 1 aliphatic heterocycles. The molecule has 2 aromatic heterocycles. The first-order valence-electron chi connectivity index (χ1n) is 12.2. The lowest BCUT2D eigenvalue weighted by Gasteiger charge is -2.29. The number of aromatic nitrogens is 3. The monoisotopic (exact) mass is 553 g/mol. The van der Waals surface area contributed by atoms with Gasteiger partial charge >= 0.3 is 0 Å². The normalized spacial score (nSPS) is 18.7. The molecule has 3 heterocycles. The summed E-state index contributed by atoms with van der Waals surface area (Å²) >= 11 is 0. The van der Waals surface area contributed by atoms with Crippen LogP contribution in [0.2, 0.25) is 0 Å². The third-order valence-corrected chi connectivity index (χ3v) is 7.89. The number of nitrogens with one attached hydrogen (secondary N) is 2. The van der Waals surface area contributed by atoms with Crippen LogP contribution >= 0.6 is 0 Å². The van der Waals surface area contributed by atoms with Gasteiger partial charge in [0, 0.05) is 44.2 Å². The Bertz CT molecular complexity index is 1260. The van der Waals surface area contributed by atoms with Crippen molar-refractivity contribution in [2.75, 3.05) is 39.0 Å². The van der Waals surface area contributed by atoms with Crippen molar-refractivity contribution in [3.63, 3.8) is 0 Å². The van der Waals surface area contributed by atoms with Crippen molar-refractivity contribution in [3.05, 3.63) is 30.1 Å². The lowest BCUT2D eigenvalue weighted by Crippen LogP contribution is -2.51. The Hall–Kier alpha value is -2.97. The number of carbonyl (C=O) groups excluding carboxylic acids is 2. The van der Waals surface area contributed by atoms with Crippen molar-refractivity contribution in [3.8, 4) is 0 Å². The van der Waals surface area contributed by atoms with Crippen LogP contribution in [0.25, 0.3) is 0 Å². The molecule has 210 valence electrons. The SMILES string of the molecule is CN(C)S(=O)(=O)c1ccc(NCC(C)(C)NCC(=O)N2C[C@@H](F)CC2C(=O)c2nnc(C(C)(C)C)o2)nc1. The van der Waals surface area contributed by atoms with E-state index in [1.807, 2.05) is 34.6 Å². The minimum atomic E-state index is -3.58. The van der Waals surface area contributed by atoms with Crippen LogP contribution < -0.4 is 10.6 Å². The van der Waals surface area contributed by atoms with Crippen LogP contribution in [-0.2, 0) is 20.2 Å². The van der Waals surface area contributed by atoms with Crippen molar-refractivity contribution in [1.82, 2.24) is 29.7 Å². The standard InChI is InChI=1S/C24H36FN7O5S/c1-23(2,3)22-30-29-21(37-22)20(34)17-10-15(25)13-32(17)19(33)12-28-24(4,5)14-27-18-9-8-16(11-26-18)38(35,36)31(6)7/h8-9,11,15,17,28H,10,12-14H2,1-7H3,(H,26,27)/t15-,17?/m0/s1. The quantitative estimate of drug-likeness (QED) is 0.415. The van der Waals surface area contributed by atoms with Crippen molar-refractivity contribution >= 4 is 27.5 Å². The molecule has 2 atom stereocenters. The van der Waals surface area contributed by atoms with Gasteiger partial charge in [-0.1, -0.05) is 20.8 Å². The van der Waals surface area contributed by atoms with Gasteiger partial charge in [0.15, 0.2) is 0 Å². The number of halogens is 1. The number of ketones is 1. The number of sulfonamides is 1. The average molecular weight is 554 g/mol. The first-order chi connectivity index (χ1) is 17.5. The fourth-order valence-electron chi connectivity index (χ4n) is 3.72. The Balaban J connectivity index is 1.58. The molecule has 0 radical (unpaired) electrons. The molecule has 0 spiro atoms. The molecule has 1 aliphatic rings. The summed E-state index contributed by atoms with van der Waals surface area (Å²) in [6.07, 6.45) is -0.195. The fraction of sp³-hybridized carbons (Fsp3) is 0.625. The number of carbonyl (C=O) groups is 2. The lowest BCUT2D eigenvalue weighted by molar-refractivity contribution is -0.130. The van der Waals surface area contributed by atoms with Crippen LogP contribution in [0.5, 0.6) is 0 Å². The van der Waals surface area contributed by atoms with Crippen LogP contribution in [0, 0.1) is 0 Å². The van der Waals surface area contributed by atoms with Gasteiger partial charge in [0.2, 0.25) is 27.6 Å². The smallest absolute Gasteiger partial charge is 0.286 e. The van der Waals surface area contributed by atoms with Gasteiger partial charge in [-0.2, -0.15) is 0 Å². The van der Waals surface area contributed by atoms with E-state index in [1.54, 1.807) is 6.07 Å². The van der Waals surface area contributed by atoms with Gasteiger partial charge < -0.3 is 20.0 Å². The number of pyridine rings is 1. The number of anilines is 1. The van der Waals surface area contributed by atoms with E-state index >= 15 is 0 Å². The summed E-state index contributed by atoms with van der Waals surface area (Å²) < 4.78 is 45.3. The molecule has 1 saturated heterocycles. The number of amides is 1. The molecule has 3 rings (SSSR count). The van der Waals surface area contributed by atoms with Crippen molar-refractivity contribution in [1.29, 1.82) is 0 Å². The predicted molar refractivity (Wildman–Crippen MR) is 138 cm³/mol. The van der Waals surface area contributed by atoms with Crippen LogP contribution in [0.4, 0.5) is 10.2 Å². The topological polar surface area (TPSA) is 151 Å². The molecule has 1 unspecified atom stereocenters. The Morgan fingerprint density at radius 3 is 2.42 bits per heavy atom. The molecule has 0 aromatic carbocycles. The molecule has 14 heteroatoms. The zero-order valence-electron chi connectivity index (χ0n) is 22.8. The summed E-state index contributed by atoms with van der Waals surface area (Å²) in [5.41, 5.74) is -1.06. The molecule has 1 fully saturated rings. The highest BCUT2D eigenvalue weighted by molar-refractivity contribution is 7.89. The summed E-state index contributed by atoms with van der Waals surface area (Å²) in [4.78, 5) is 31.4. The maximum absolute atomic E-state index is 14.3. The molecule has 12 nitrogen and oxygen atoms in total. The van der Waals surface area contributed by atoms with Crippen LogP contribution in [0.3, 0.4) is 0 Å². The zero-order chi connectivity index (χ0) is 28.5. The third kappa shape index (κ3) is 6.91. The number of likely N-dealkylation sites (tertiary alicyclic amines) is 1. The van der Waals surface area contributed by atoms with Crippen molar-refractivity contribution in [2.24, 2.45) is 0 Å². The minimum Gasteiger partial charge on any atom is -0.418 e. The molecular formula is C24H36FN7O5S. The predicted octanol–water partition coefficient (Wildman–Crippen LogP) is 1.61. The number of alkyl halides is 1. The number of hydrogen-bond donors (Lipinski definition) is 2. The number of nitrogens with zero attached hydrogens (tertiary/aromatic N) is 5. The molecule has 38 heavy (non-hydrogen) atoms. The second kappa shape index (κ2) is 11.0. The van der Waals surface area contributed by atoms with E-state index in [4.69, 9.17) is 4.42 Å². The Kier molecular flexibility index (Phi) is 8.58. The van der Waals surface area contributed by atoms with Gasteiger partial charge in [-0.25, -0.2) is 22.1 Å². The van der Waals surface area contributed by atoms with Gasteiger partial charge in [0.25, 0.3) is 5.89 Å². The van der Waals surface area contributed by atoms with E-state index in [-0.39, 0.29) is 36.2 Å². The van der Waals surface area contributed by atoms with Crippen LogP contribution in [0.15, 0.2) is 27.6 Å². The molecule has 0 aliphatic carbocycles. The van der Waals surface area contributed by atoms with Gasteiger partial charge in [-0.15, -0.1) is 10.2 Å². The summed E-state index contributed by atoms with van der Waals surface area (Å²) in [6.45, 7) is 9.32. The Labute approximate surface area is 222 Å². The van der Waals surface area contributed by atoms with Gasteiger partial charge in [-0.05, 0) is 26.0 Å². The second-order valence-electron chi connectivity index (χ2n) is 11.2.